The summed E-state index contributed by atoms with van der Waals surface area (Å²) >= 11 is 3.98. The third-order valence-electron chi connectivity index (χ3n) is 12.3. The first kappa shape index (κ1) is 52.3. The zero-order chi connectivity index (χ0) is 48.5. The lowest BCUT2D eigenvalue weighted by Crippen LogP contribution is -2.62. The van der Waals surface area contributed by atoms with E-state index < -0.39 is 60.7 Å². The van der Waals surface area contributed by atoms with Gasteiger partial charge < -0.3 is 47.4 Å². The number of ether oxygens (including phenoxy) is 10. The van der Waals surface area contributed by atoms with Crippen molar-refractivity contribution in [2.45, 2.75) is 129 Å². The lowest BCUT2D eigenvalue weighted by molar-refractivity contribution is -0.331. The Bertz CT molecular complexity index is 2370. The monoisotopic (exact) mass is 1080 g/mol. The standard InChI is InChI=1S/C58H65IO10S/c1-40-30-32-48(33-31-40)70-58-55(52(63-36-45-24-14-7-15-25-45)50(42(3)67-58)61-34-43-20-10-5-11-21-43)69-56(41(2)59)66-39-49-51(62-35-44-22-12-6-13-23-44)53(64-37-46-26-16-8-17-27-46)54(57(60-4)68-49)65-38-47-28-18-9-19-29-47/h5-33,41-42,49-58H,34-39H2,1-4H3/t41?,42-,49+,50-,51+,52+,53-,54+,55+,56?,57-,58-/m0/s1. The van der Waals surface area contributed by atoms with E-state index in [2.05, 4.69) is 91.9 Å². The molecule has 0 saturated carbocycles. The first-order chi connectivity index (χ1) is 34.3. The number of methoxy groups -OCH3 is 1. The second-order valence-electron chi connectivity index (χ2n) is 17.7. The number of halogens is 1. The molecule has 2 saturated heterocycles. The van der Waals surface area contributed by atoms with Crippen LogP contribution in [0.25, 0.3) is 0 Å². The molecule has 70 heavy (non-hydrogen) atoms. The predicted molar refractivity (Wildman–Crippen MR) is 280 cm³/mol. The summed E-state index contributed by atoms with van der Waals surface area (Å²) in [5, 5.41) is 0. The minimum absolute atomic E-state index is 0.0805. The van der Waals surface area contributed by atoms with Crippen LogP contribution in [0, 0.1) is 6.92 Å². The van der Waals surface area contributed by atoms with E-state index in [9.17, 15) is 0 Å². The lowest BCUT2D eigenvalue weighted by Gasteiger charge is -2.47. The van der Waals surface area contributed by atoms with Crippen LogP contribution in [0.15, 0.2) is 181 Å². The number of alkyl halides is 1. The summed E-state index contributed by atoms with van der Waals surface area (Å²) < 4.78 is 68.3. The molecule has 0 radical (unpaired) electrons. The van der Waals surface area contributed by atoms with E-state index in [1.54, 1.807) is 18.9 Å². The minimum Gasteiger partial charge on any atom is -0.368 e. The highest BCUT2D eigenvalue weighted by molar-refractivity contribution is 14.1. The van der Waals surface area contributed by atoms with Crippen molar-refractivity contribution in [3.63, 3.8) is 0 Å². The van der Waals surface area contributed by atoms with Gasteiger partial charge in [-0.2, -0.15) is 0 Å². The van der Waals surface area contributed by atoms with E-state index in [1.165, 1.54) is 5.56 Å². The van der Waals surface area contributed by atoms with Crippen LogP contribution in [0.1, 0.15) is 47.2 Å². The molecule has 6 aromatic carbocycles. The Morgan fingerprint density at radius 1 is 0.500 bits per heavy atom. The Kier molecular flexibility index (Phi) is 20.3. The molecule has 2 unspecified atom stereocenters. The summed E-state index contributed by atoms with van der Waals surface area (Å²) in [5.41, 5.74) is 5.82. The average molecular weight is 1080 g/mol. The lowest BCUT2D eigenvalue weighted by atomic mass is 9.97. The molecule has 2 aliphatic heterocycles. The van der Waals surface area contributed by atoms with Gasteiger partial charge in [-0.3, -0.25) is 0 Å². The topological polar surface area (TPSA) is 92.3 Å². The molecule has 12 atom stereocenters. The van der Waals surface area contributed by atoms with Crippen molar-refractivity contribution in [3.8, 4) is 0 Å². The van der Waals surface area contributed by atoms with Gasteiger partial charge in [0, 0.05) is 12.0 Å². The first-order valence-corrected chi connectivity index (χ1v) is 26.2. The number of thioether (sulfide) groups is 1. The zero-order valence-corrected chi connectivity index (χ0v) is 43.3. The smallest absolute Gasteiger partial charge is 0.186 e. The molecule has 0 aromatic heterocycles. The fourth-order valence-corrected chi connectivity index (χ4v) is 10.1. The molecule has 0 aliphatic carbocycles. The number of hydrogen-bond donors (Lipinski definition) is 0. The summed E-state index contributed by atoms with van der Waals surface area (Å²) in [6, 6.07) is 59.1. The van der Waals surface area contributed by atoms with Gasteiger partial charge >= 0.3 is 0 Å². The van der Waals surface area contributed by atoms with Gasteiger partial charge in [0.15, 0.2) is 12.6 Å². The zero-order valence-electron chi connectivity index (χ0n) is 40.3. The largest absolute Gasteiger partial charge is 0.368 e. The fraction of sp³-hybridized carbons (Fsp3) is 0.379. The summed E-state index contributed by atoms with van der Waals surface area (Å²) in [7, 11) is 1.63. The highest BCUT2D eigenvalue weighted by Crippen LogP contribution is 2.39. The molecule has 10 nitrogen and oxygen atoms in total. The van der Waals surface area contributed by atoms with E-state index in [-0.39, 0.29) is 16.6 Å². The van der Waals surface area contributed by atoms with Crippen LogP contribution in [-0.4, -0.2) is 84.5 Å². The van der Waals surface area contributed by atoms with Crippen LogP contribution in [0.4, 0.5) is 0 Å². The number of aryl methyl sites for hydroxylation is 1. The summed E-state index contributed by atoms with van der Waals surface area (Å²) in [4.78, 5) is 1.05. The van der Waals surface area contributed by atoms with Gasteiger partial charge in [0.1, 0.15) is 48.2 Å². The van der Waals surface area contributed by atoms with Crippen molar-refractivity contribution < 1.29 is 47.4 Å². The molecule has 2 heterocycles. The van der Waals surface area contributed by atoms with Gasteiger partial charge in [0.05, 0.1) is 49.7 Å². The molecule has 0 bridgehead atoms. The van der Waals surface area contributed by atoms with Gasteiger partial charge in [-0.15, -0.1) is 0 Å². The summed E-state index contributed by atoms with van der Waals surface area (Å²) in [5.74, 6) is 0. The normalized spacial score (nSPS) is 25.6. The van der Waals surface area contributed by atoms with Crippen molar-refractivity contribution in [3.05, 3.63) is 209 Å². The molecule has 0 spiro atoms. The fourth-order valence-electron chi connectivity index (χ4n) is 8.61. The van der Waals surface area contributed by atoms with E-state index >= 15 is 0 Å². The van der Waals surface area contributed by atoms with E-state index in [4.69, 9.17) is 47.4 Å². The first-order valence-electron chi connectivity index (χ1n) is 24.1. The molecular weight excluding hydrogens is 1020 g/mol. The van der Waals surface area contributed by atoms with Crippen LogP contribution in [0.5, 0.6) is 0 Å². The highest BCUT2D eigenvalue weighted by Gasteiger charge is 2.51. The minimum atomic E-state index is -0.812. The van der Waals surface area contributed by atoms with Crippen LogP contribution in [0.2, 0.25) is 0 Å². The maximum absolute atomic E-state index is 7.28. The highest BCUT2D eigenvalue weighted by atomic mass is 127. The second-order valence-corrected chi connectivity index (χ2v) is 20.8. The van der Waals surface area contributed by atoms with Gasteiger partial charge in [-0.25, -0.2) is 0 Å². The number of hydrogen-bond acceptors (Lipinski definition) is 11. The molecule has 370 valence electrons. The van der Waals surface area contributed by atoms with E-state index in [0.29, 0.717) is 33.0 Å². The third-order valence-corrected chi connectivity index (χ3v) is 14.1. The molecule has 2 aliphatic rings. The Balaban J connectivity index is 1.09. The average Bonchev–Trinajstić information content (AvgIpc) is 3.39. The molecular formula is C58H65IO10S. The van der Waals surface area contributed by atoms with Crippen molar-refractivity contribution in [1.82, 2.24) is 0 Å². The van der Waals surface area contributed by atoms with Gasteiger partial charge in [0.25, 0.3) is 0 Å². The Morgan fingerprint density at radius 2 is 0.900 bits per heavy atom. The number of rotatable bonds is 24. The quantitative estimate of drug-likeness (QED) is 0.0330. The molecule has 6 aromatic rings. The maximum atomic E-state index is 7.28. The molecule has 0 N–H and O–H groups in total. The SMILES string of the molecule is CO[C@H]1O[C@H](COC(O[C@@H]2[C@H](OCc3ccccc3)[C@@H](OCc3ccccc3)[C@H](C)O[C@H]2Sc2ccc(C)cc2)C(C)I)[C@@H](OCc2ccccc2)[C@H](OCc2ccccc2)[C@H]1OCc1ccccc1. The van der Waals surface area contributed by atoms with Gasteiger partial charge in [0.2, 0.25) is 0 Å². The Labute approximate surface area is 431 Å². The van der Waals surface area contributed by atoms with Crippen molar-refractivity contribution >= 4 is 34.4 Å². The molecule has 12 heteroatoms. The molecule has 8 rings (SSSR count). The summed E-state index contributed by atoms with van der Waals surface area (Å²) in [6.07, 6.45) is -6.18. The van der Waals surface area contributed by atoms with Gasteiger partial charge in [-0.05, 0) is 60.7 Å². The maximum Gasteiger partial charge on any atom is 0.186 e. The van der Waals surface area contributed by atoms with E-state index in [0.717, 1.165) is 32.7 Å². The van der Waals surface area contributed by atoms with Crippen molar-refractivity contribution in [2.24, 2.45) is 0 Å². The van der Waals surface area contributed by atoms with Crippen LogP contribution < -0.4 is 0 Å². The molecule has 0 amide bonds. The van der Waals surface area contributed by atoms with Crippen LogP contribution in [-0.2, 0) is 80.4 Å². The van der Waals surface area contributed by atoms with Crippen LogP contribution >= 0.6 is 34.4 Å². The third kappa shape index (κ3) is 15.0. The molecule has 2 fully saturated rings. The number of benzene rings is 6. The predicted octanol–water partition coefficient (Wildman–Crippen LogP) is 11.7. The van der Waals surface area contributed by atoms with E-state index in [1.807, 2.05) is 127 Å². The second kappa shape index (κ2) is 27.2. The van der Waals surface area contributed by atoms with Crippen molar-refractivity contribution in [1.29, 1.82) is 0 Å². The van der Waals surface area contributed by atoms with Crippen LogP contribution in [0.3, 0.4) is 0 Å². The Morgan fingerprint density at radius 3 is 1.33 bits per heavy atom. The van der Waals surface area contributed by atoms with Crippen molar-refractivity contribution in [2.75, 3.05) is 13.7 Å². The summed E-state index contributed by atoms with van der Waals surface area (Å²) in [6.45, 7) is 7.97. The Hall–Kier alpha value is -4.00. The van der Waals surface area contributed by atoms with Gasteiger partial charge in [-0.1, -0.05) is 204 Å².